The van der Waals surface area contributed by atoms with Crippen LogP contribution in [0, 0.1) is 0 Å². The second kappa shape index (κ2) is 7.76. The van der Waals surface area contributed by atoms with E-state index in [0.717, 1.165) is 43.5 Å². The van der Waals surface area contributed by atoms with Crippen molar-refractivity contribution < 1.29 is 14.3 Å². The third-order valence-electron chi connectivity index (χ3n) is 6.46. The van der Waals surface area contributed by atoms with E-state index in [2.05, 4.69) is 36.2 Å². The normalized spacial score (nSPS) is 23.0. The number of imide groups is 1. The summed E-state index contributed by atoms with van der Waals surface area (Å²) in [6, 6.07) is 16.1. The van der Waals surface area contributed by atoms with Gasteiger partial charge in [-0.1, -0.05) is 42.5 Å². The van der Waals surface area contributed by atoms with Gasteiger partial charge in [-0.05, 0) is 49.1 Å². The second-order valence-corrected chi connectivity index (χ2v) is 8.51. The molecule has 3 heterocycles. The Labute approximate surface area is 177 Å². The van der Waals surface area contributed by atoms with Crippen LogP contribution in [0.1, 0.15) is 36.0 Å². The standard InChI is InChI=1S/C24H27N3O3/c1-25(22-13-12-19-5-2-3-7-21(19)30-22)15-17-8-10-18(11-9-17)16-27-23(28)20-6-4-14-26(20)24(27)29/h2-3,5,7-11,20,22H,4,6,12-16H2,1H3. The summed E-state index contributed by atoms with van der Waals surface area (Å²) >= 11 is 0. The number of urea groups is 1. The Bertz CT molecular complexity index is 936. The summed E-state index contributed by atoms with van der Waals surface area (Å²) in [6.07, 6.45) is 3.78. The number of carbonyl (C=O) groups excluding carboxylic acids is 2. The van der Waals surface area contributed by atoms with Crippen molar-refractivity contribution in [3.05, 3.63) is 65.2 Å². The number of carbonyl (C=O) groups is 2. The van der Waals surface area contributed by atoms with Crippen molar-refractivity contribution in [3.63, 3.8) is 0 Å². The van der Waals surface area contributed by atoms with Crippen molar-refractivity contribution in [1.29, 1.82) is 0 Å². The maximum absolute atomic E-state index is 12.5. The predicted octanol–water partition coefficient (Wildman–Crippen LogP) is 3.40. The number of ether oxygens (including phenoxy) is 1. The number of hydrogen-bond donors (Lipinski definition) is 0. The largest absolute Gasteiger partial charge is 0.475 e. The van der Waals surface area contributed by atoms with E-state index in [1.807, 2.05) is 24.3 Å². The van der Waals surface area contributed by atoms with Crippen molar-refractivity contribution in [1.82, 2.24) is 14.7 Å². The summed E-state index contributed by atoms with van der Waals surface area (Å²) in [5, 5.41) is 0. The van der Waals surface area contributed by atoms with Crippen LogP contribution >= 0.6 is 0 Å². The first-order chi connectivity index (χ1) is 14.6. The third kappa shape index (κ3) is 3.45. The summed E-state index contributed by atoms with van der Waals surface area (Å²) < 4.78 is 6.18. The molecule has 156 valence electrons. The number of hydrogen-bond acceptors (Lipinski definition) is 4. The molecule has 0 aromatic heterocycles. The van der Waals surface area contributed by atoms with Gasteiger partial charge >= 0.3 is 6.03 Å². The molecule has 2 aromatic rings. The molecule has 6 nitrogen and oxygen atoms in total. The fraction of sp³-hybridized carbons (Fsp3) is 0.417. The Kier molecular flexibility index (Phi) is 4.95. The van der Waals surface area contributed by atoms with Gasteiger partial charge in [0.2, 0.25) is 0 Å². The monoisotopic (exact) mass is 405 g/mol. The number of rotatable bonds is 5. The average molecular weight is 405 g/mol. The van der Waals surface area contributed by atoms with Crippen LogP contribution in [0.25, 0.3) is 0 Å². The number of aryl methyl sites for hydroxylation is 1. The van der Waals surface area contributed by atoms with E-state index < -0.39 is 0 Å². The number of para-hydroxylation sites is 1. The molecular formula is C24H27N3O3. The molecule has 2 saturated heterocycles. The highest BCUT2D eigenvalue weighted by atomic mass is 16.5. The Morgan fingerprint density at radius 2 is 1.80 bits per heavy atom. The molecule has 3 aliphatic heterocycles. The van der Waals surface area contributed by atoms with Gasteiger partial charge in [-0.15, -0.1) is 0 Å². The van der Waals surface area contributed by atoms with E-state index in [1.54, 1.807) is 4.90 Å². The molecule has 2 unspecified atom stereocenters. The van der Waals surface area contributed by atoms with Crippen LogP contribution in [-0.2, 0) is 24.3 Å². The Balaban J connectivity index is 1.20. The van der Waals surface area contributed by atoms with Gasteiger partial charge in [0, 0.05) is 19.5 Å². The van der Waals surface area contributed by atoms with E-state index in [1.165, 1.54) is 16.0 Å². The summed E-state index contributed by atoms with van der Waals surface area (Å²) in [7, 11) is 2.08. The molecule has 2 atom stereocenters. The Morgan fingerprint density at radius 1 is 1.03 bits per heavy atom. The van der Waals surface area contributed by atoms with Crippen LogP contribution in [-0.4, -0.2) is 52.5 Å². The number of amides is 3. The molecule has 0 saturated carbocycles. The van der Waals surface area contributed by atoms with Crippen LogP contribution in [0.4, 0.5) is 4.79 Å². The molecular weight excluding hydrogens is 378 g/mol. The van der Waals surface area contributed by atoms with Crippen molar-refractivity contribution in [2.75, 3.05) is 13.6 Å². The Hall–Kier alpha value is -2.86. The smallest absolute Gasteiger partial charge is 0.327 e. The molecule has 2 aromatic carbocycles. The second-order valence-electron chi connectivity index (χ2n) is 8.51. The maximum atomic E-state index is 12.5. The number of benzene rings is 2. The molecule has 0 bridgehead atoms. The van der Waals surface area contributed by atoms with Gasteiger partial charge in [0.15, 0.2) is 6.23 Å². The van der Waals surface area contributed by atoms with Crippen LogP contribution in [0.15, 0.2) is 48.5 Å². The van der Waals surface area contributed by atoms with E-state index in [-0.39, 0.29) is 24.2 Å². The van der Waals surface area contributed by atoms with Gasteiger partial charge < -0.3 is 9.64 Å². The van der Waals surface area contributed by atoms with Gasteiger partial charge in [0.05, 0.1) is 6.54 Å². The van der Waals surface area contributed by atoms with Crippen LogP contribution in [0.3, 0.4) is 0 Å². The van der Waals surface area contributed by atoms with Crippen molar-refractivity contribution in [2.45, 2.75) is 51.0 Å². The maximum Gasteiger partial charge on any atom is 0.327 e. The van der Waals surface area contributed by atoms with E-state index >= 15 is 0 Å². The van der Waals surface area contributed by atoms with Gasteiger partial charge in [-0.3, -0.25) is 14.6 Å². The average Bonchev–Trinajstić information content (AvgIpc) is 3.34. The minimum Gasteiger partial charge on any atom is -0.475 e. The quantitative estimate of drug-likeness (QED) is 0.716. The first kappa shape index (κ1) is 19.1. The van der Waals surface area contributed by atoms with Gasteiger partial charge in [0.1, 0.15) is 11.8 Å². The zero-order chi connectivity index (χ0) is 20.7. The van der Waals surface area contributed by atoms with Gasteiger partial charge in [-0.2, -0.15) is 0 Å². The first-order valence-corrected chi connectivity index (χ1v) is 10.7. The lowest BCUT2D eigenvalue weighted by molar-refractivity contribution is -0.128. The zero-order valence-electron chi connectivity index (χ0n) is 17.3. The molecule has 0 aliphatic carbocycles. The van der Waals surface area contributed by atoms with Crippen LogP contribution < -0.4 is 4.74 Å². The molecule has 0 spiro atoms. The fourth-order valence-corrected chi connectivity index (χ4v) is 4.77. The molecule has 0 N–H and O–H groups in total. The third-order valence-corrected chi connectivity index (χ3v) is 6.46. The summed E-state index contributed by atoms with van der Waals surface area (Å²) in [5.74, 6) is 0.937. The molecule has 30 heavy (non-hydrogen) atoms. The lowest BCUT2D eigenvalue weighted by atomic mass is 10.0. The van der Waals surface area contributed by atoms with E-state index in [0.29, 0.717) is 13.1 Å². The van der Waals surface area contributed by atoms with E-state index in [9.17, 15) is 9.59 Å². The predicted molar refractivity (Wildman–Crippen MR) is 113 cm³/mol. The summed E-state index contributed by atoms with van der Waals surface area (Å²) in [6.45, 7) is 1.83. The fourth-order valence-electron chi connectivity index (χ4n) is 4.77. The first-order valence-electron chi connectivity index (χ1n) is 10.7. The van der Waals surface area contributed by atoms with Crippen LogP contribution in [0.2, 0.25) is 0 Å². The molecule has 3 aliphatic rings. The highest BCUT2D eigenvalue weighted by molar-refractivity contribution is 6.04. The highest BCUT2D eigenvalue weighted by Crippen LogP contribution is 2.30. The van der Waals surface area contributed by atoms with Crippen molar-refractivity contribution >= 4 is 11.9 Å². The Morgan fingerprint density at radius 3 is 2.60 bits per heavy atom. The minimum absolute atomic E-state index is 0.0453. The minimum atomic E-state index is -0.231. The van der Waals surface area contributed by atoms with Gasteiger partial charge in [-0.25, -0.2) is 4.79 Å². The molecule has 0 radical (unpaired) electrons. The molecule has 6 heteroatoms. The molecule has 5 rings (SSSR count). The lowest BCUT2D eigenvalue weighted by Gasteiger charge is -2.33. The highest BCUT2D eigenvalue weighted by Gasteiger charge is 2.47. The van der Waals surface area contributed by atoms with Crippen molar-refractivity contribution in [3.8, 4) is 5.75 Å². The zero-order valence-corrected chi connectivity index (χ0v) is 17.3. The van der Waals surface area contributed by atoms with E-state index in [4.69, 9.17) is 4.74 Å². The lowest BCUT2D eigenvalue weighted by Crippen LogP contribution is -2.38. The SMILES string of the molecule is CN(Cc1ccc(CN2C(=O)C3CCCN3C2=O)cc1)C1CCc2ccccc2O1. The van der Waals surface area contributed by atoms with Gasteiger partial charge in [0.25, 0.3) is 5.91 Å². The number of nitrogens with zero attached hydrogens (tertiary/aromatic N) is 3. The van der Waals surface area contributed by atoms with Crippen LogP contribution in [0.5, 0.6) is 5.75 Å². The topological polar surface area (TPSA) is 53.1 Å². The number of fused-ring (bicyclic) bond motifs is 2. The summed E-state index contributed by atoms with van der Waals surface area (Å²) in [5.41, 5.74) is 3.44. The molecule has 3 amide bonds. The van der Waals surface area contributed by atoms with Crippen molar-refractivity contribution in [2.24, 2.45) is 0 Å². The summed E-state index contributed by atoms with van der Waals surface area (Å²) in [4.78, 5) is 30.4. The molecule has 2 fully saturated rings.